The Labute approximate surface area is 162 Å². The zero-order valence-corrected chi connectivity index (χ0v) is 15.1. The number of H-pyrrole nitrogens is 1. The van der Waals surface area contributed by atoms with Gasteiger partial charge in [-0.2, -0.15) is 0 Å². The summed E-state index contributed by atoms with van der Waals surface area (Å²) < 4.78 is 13.3. The van der Waals surface area contributed by atoms with Gasteiger partial charge in [0, 0.05) is 55.1 Å². The molecule has 0 aliphatic carbocycles. The largest absolute Gasteiger partial charge is 0.354 e. The lowest BCUT2D eigenvalue weighted by molar-refractivity contribution is 0.628. The van der Waals surface area contributed by atoms with Crippen LogP contribution in [0.3, 0.4) is 0 Å². The number of hydrogen-bond acceptors (Lipinski definition) is 5. The van der Waals surface area contributed by atoms with E-state index in [0.29, 0.717) is 5.95 Å². The van der Waals surface area contributed by atoms with Gasteiger partial charge in [-0.15, -0.1) is 0 Å². The van der Waals surface area contributed by atoms with Crippen LogP contribution in [-0.4, -0.2) is 31.5 Å². The van der Waals surface area contributed by atoms with Gasteiger partial charge in [-0.3, -0.25) is 4.98 Å². The van der Waals surface area contributed by atoms with Crippen molar-refractivity contribution < 1.29 is 4.39 Å². The number of anilines is 1. The fraction of sp³-hybridized carbons (Fsp3) is 0.143. The second kappa shape index (κ2) is 8.39. The number of rotatable bonds is 7. The van der Waals surface area contributed by atoms with Gasteiger partial charge >= 0.3 is 0 Å². The van der Waals surface area contributed by atoms with Gasteiger partial charge in [0.25, 0.3) is 0 Å². The van der Waals surface area contributed by atoms with E-state index in [4.69, 9.17) is 4.98 Å². The molecule has 0 aliphatic rings. The van der Waals surface area contributed by atoms with Crippen LogP contribution in [0.4, 0.5) is 10.3 Å². The molecule has 0 radical (unpaired) electrons. The van der Waals surface area contributed by atoms with Crippen LogP contribution in [0.1, 0.15) is 12.2 Å². The average molecular weight is 374 g/mol. The van der Waals surface area contributed by atoms with Crippen molar-refractivity contribution in [2.24, 2.45) is 0 Å². The lowest BCUT2D eigenvalue weighted by atomic mass is 10.0. The van der Waals surface area contributed by atoms with Crippen LogP contribution < -0.4 is 5.32 Å². The molecular weight excluding hydrogens is 355 g/mol. The Morgan fingerprint density at radius 3 is 2.50 bits per heavy atom. The molecule has 0 saturated heterocycles. The van der Waals surface area contributed by atoms with E-state index in [-0.39, 0.29) is 5.82 Å². The number of aromatic amines is 1. The van der Waals surface area contributed by atoms with Gasteiger partial charge in [0.15, 0.2) is 0 Å². The highest BCUT2D eigenvalue weighted by atomic mass is 19.1. The summed E-state index contributed by atoms with van der Waals surface area (Å²) in [5.74, 6) is 1.24. The van der Waals surface area contributed by atoms with Gasteiger partial charge < -0.3 is 10.3 Å². The zero-order valence-electron chi connectivity index (χ0n) is 15.1. The fourth-order valence-electron chi connectivity index (χ4n) is 2.93. The highest BCUT2D eigenvalue weighted by Gasteiger charge is 2.12. The number of benzene rings is 1. The number of aromatic nitrogens is 5. The Bertz CT molecular complexity index is 1020. The molecule has 0 atom stereocenters. The third-order valence-electron chi connectivity index (χ3n) is 4.33. The van der Waals surface area contributed by atoms with Crippen molar-refractivity contribution in [1.29, 1.82) is 0 Å². The Balaban J connectivity index is 1.56. The van der Waals surface area contributed by atoms with Crippen molar-refractivity contribution in [1.82, 2.24) is 24.9 Å². The van der Waals surface area contributed by atoms with Crippen molar-refractivity contribution in [2.75, 3.05) is 11.9 Å². The summed E-state index contributed by atoms with van der Waals surface area (Å²) in [6.07, 6.45) is 10.5. The zero-order chi connectivity index (χ0) is 19.2. The molecule has 0 bridgehead atoms. The van der Waals surface area contributed by atoms with E-state index in [9.17, 15) is 4.39 Å². The van der Waals surface area contributed by atoms with Crippen LogP contribution in [0, 0.1) is 5.82 Å². The number of nitrogens with one attached hydrogen (secondary N) is 2. The second-order valence-electron chi connectivity index (χ2n) is 6.26. The number of halogens is 1. The summed E-state index contributed by atoms with van der Waals surface area (Å²) in [6, 6.07) is 10.1. The molecule has 7 heteroatoms. The lowest BCUT2D eigenvalue weighted by Crippen LogP contribution is -2.08. The van der Waals surface area contributed by atoms with Gasteiger partial charge in [0.2, 0.25) is 5.95 Å². The Kier molecular flexibility index (Phi) is 5.33. The molecule has 2 N–H and O–H groups in total. The van der Waals surface area contributed by atoms with Crippen molar-refractivity contribution in [3.63, 3.8) is 0 Å². The van der Waals surface area contributed by atoms with Gasteiger partial charge in [-0.05, 0) is 36.2 Å². The standard InChI is InChI=1S/C21H19FN6/c22-17-5-3-15(4-6-17)18-14-27-21(26-9-1-2-19-24-12-13-25-19)28-20(18)16-7-10-23-11-8-16/h3-8,10-14H,1-2,9H2,(H,24,25)(H,26,27,28). The molecule has 0 fully saturated rings. The molecule has 3 heterocycles. The maximum Gasteiger partial charge on any atom is 0.223 e. The SMILES string of the molecule is Fc1ccc(-c2cnc(NCCCc3ncc[nH]3)nc2-c2ccncc2)cc1. The van der Waals surface area contributed by atoms with Crippen molar-refractivity contribution in [3.8, 4) is 22.4 Å². The first kappa shape index (κ1) is 17.8. The number of aryl methyl sites for hydroxylation is 1. The Hall–Kier alpha value is -3.61. The number of nitrogens with zero attached hydrogens (tertiary/aromatic N) is 4. The minimum absolute atomic E-state index is 0.273. The number of pyridine rings is 1. The van der Waals surface area contributed by atoms with Gasteiger partial charge in [0.1, 0.15) is 11.6 Å². The van der Waals surface area contributed by atoms with E-state index >= 15 is 0 Å². The lowest BCUT2D eigenvalue weighted by Gasteiger charge is -2.12. The molecule has 140 valence electrons. The third-order valence-corrected chi connectivity index (χ3v) is 4.33. The molecule has 0 unspecified atom stereocenters. The smallest absolute Gasteiger partial charge is 0.223 e. The fourth-order valence-corrected chi connectivity index (χ4v) is 2.93. The summed E-state index contributed by atoms with van der Waals surface area (Å²) in [7, 11) is 0. The van der Waals surface area contributed by atoms with Crippen LogP contribution in [0.25, 0.3) is 22.4 Å². The van der Waals surface area contributed by atoms with Gasteiger partial charge in [0.05, 0.1) is 5.69 Å². The van der Waals surface area contributed by atoms with E-state index in [1.54, 1.807) is 36.9 Å². The summed E-state index contributed by atoms with van der Waals surface area (Å²) in [6.45, 7) is 0.729. The topological polar surface area (TPSA) is 79.4 Å². The van der Waals surface area contributed by atoms with Crippen LogP contribution in [0.2, 0.25) is 0 Å². The third kappa shape index (κ3) is 4.20. The number of imidazole rings is 1. The van der Waals surface area contributed by atoms with Crippen LogP contribution in [0.5, 0.6) is 0 Å². The maximum atomic E-state index is 13.3. The molecule has 4 rings (SSSR count). The highest BCUT2D eigenvalue weighted by molar-refractivity contribution is 5.80. The predicted octanol–water partition coefficient (Wildman–Crippen LogP) is 4.11. The Morgan fingerprint density at radius 1 is 0.929 bits per heavy atom. The normalized spacial score (nSPS) is 10.8. The van der Waals surface area contributed by atoms with Gasteiger partial charge in [-0.1, -0.05) is 12.1 Å². The van der Waals surface area contributed by atoms with E-state index in [1.165, 1.54) is 12.1 Å². The average Bonchev–Trinajstić information content (AvgIpc) is 3.26. The highest BCUT2D eigenvalue weighted by Crippen LogP contribution is 2.30. The molecule has 0 saturated carbocycles. The Morgan fingerprint density at radius 2 is 1.75 bits per heavy atom. The quantitative estimate of drug-likeness (QED) is 0.476. The predicted molar refractivity (Wildman–Crippen MR) is 106 cm³/mol. The number of hydrogen-bond donors (Lipinski definition) is 2. The maximum absolute atomic E-state index is 13.3. The summed E-state index contributed by atoms with van der Waals surface area (Å²) in [5, 5.41) is 3.27. The van der Waals surface area contributed by atoms with Crippen molar-refractivity contribution >= 4 is 5.95 Å². The first-order valence-electron chi connectivity index (χ1n) is 9.05. The van der Waals surface area contributed by atoms with Crippen molar-refractivity contribution in [2.45, 2.75) is 12.8 Å². The van der Waals surface area contributed by atoms with E-state index in [0.717, 1.165) is 47.6 Å². The van der Waals surface area contributed by atoms with E-state index < -0.39 is 0 Å². The summed E-state index contributed by atoms with van der Waals surface area (Å²) in [4.78, 5) is 20.5. The molecule has 28 heavy (non-hydrogen) atoms. The molecule has 0 spiro atoms. The summed E-state index contributed by atoms with van der Waals surface area (Å²) in [5.41, 5.74) is 3.40. The van der Waals surface area contributed by atoms with E-state index in [2.05, 4.69) is 25.3 Å². The molecule has 3 aromatic heterocycles. The summed E-state index contributed by atoms with van der Waals surface area (Å²) >= 11 is 0. The second-order valence-corrected chi connectivity index (χ2v) is 6.26. The first-order chi connectivity index (χ1) is 13.8. The molecular formula is C21H19FN6. The first-order valence-corrected chi connectivity index (χ1v) is 9.05. The molecule has 0 aliphatic heterocycles. The van der Waals surface area contributed by atoms with Gasteiger partial charge in [-0.25, -0.2) is 19.3 Å². The minimum atomic E-state index is -0.273. The minimum Gasteiger partial charge on any atom is -0.354 e. The monoisotopic (exact) mass is 374 g/mol. The molecule has 4 aromatic rings. The van der Waals surface area contributed by atoms with Crippen LogP contribution in [0.15, 0.2) is 67.4 Å². The van der Waals surface area contributed by atoms with Crippen LogP contribution in [-0.2, 0) is 6.42 Å². The van der Waals surface area contributed by atoms with Crippen molar-refractivity contribution in [3.05, 3.63) is 79.0 Å². The molecule has 1 aromatic carbocycles. The van der Waals surface area contributed by atoms with Crippen LogP contribution >= 0.6 is 0 Å². The van der Waals surface area contributed by atoms with E-state index in [1.807, 2.05) is 18.3 Å². The molecule has 0 amide bonds. The molecule has 6 nitrogen and oxygen atoms in total.